The molecule has 1 aromatic heterocycles. The Morgan fingerprint density at radius 2 is 1.97 bits per heavy atom. The van der Waals surface area contributed by atoms with E-state index in [2.05, 4.69) is 15.5 Å². The number of aromatic nitrogens is 2. The zero-order chi connectivity index (χ0) is 23.6. The largest absolute Gasteiger partial charge is 0.339 e. The first-order valence-corrected chi connectivity index (χ1v) is 12.2. The SMILES string of the molecule is CCc1nc(-c2cccc(S(=O)(=O)N3CCC(C(=O)Nc4ccc(C)c(F)c4)CC3)c2)no1. The molecule has 174 valence electrons. The molecule has 0 radical (unpaired) electrons. The first-order chi connectivity index (χ1) is 15.8. The number of nitrogens with zero attached hydrogens (tertiary/aromatic N) is 3. The van der Waals surface area contributed by atoms with E-state index in [0.717, 1.165) is 0 Å². The number of aryl methyl sites for hydroxylation is 2. The fraction of sp³-hybridized carbons (Fsp3) is 0.348. The van der Waals surface area contributed by atoms with Crippen molar-refractivity contribution in [1.29, 1.82) is 0 Å². The van der Waals surface area contributed by atoms with Gasteiger partial charge in [-0.2, -0.15) is 9.29 Å². The van der Waals surface area contributed by atoms with E-state index in [1.54, 1.807) is 31.2 Å². The molecule has 0 atom stereocenters. The maximum Gasteiger partial charge on any atom is 0.243 e. The molecule has 1 amide bonds. The number of carbonyl (C=O) groups is 1. The Labute approximate surface area is 191 Å². The van der Waals surface area contributed by atoms with Gasteiger partial charge in [0.1, 0.15) is 5.82 Å². The Morgan fingerprint density at radius 1 is 1.21 bits per heavy atom. The van der Waals surface area contributed by atoms with E-state index in [0.29, 0.717) is 47.8 Å². The second-order valence-corrected chi connectivity index (χ2v) is 9.96. The van der Waals surface area contributed by atoms with Crippen LogP contribution in [0.1, 0.15) is 31.2 Å². The topological polar surface area (TPSA) is 105 Å². The van der Waals surface area contributed by atoms with Crippen LogP contribution >= 0.6 is 0 Å². The van der Waals surface area contributed by atoms with Crippen LogP contribution in [-0.4, -0.2) is 41.9 Å². The maximum atomic E-state index is 13.7. The Balaban J connectivity index is 1.42. The van der Waals surface area contributed by atoms with Crippen LogP contribution in [0.15, 0.2) is 51.9 Å². The second-order valence-electron chi connectivity index (χ2n) is 8.02. The summed E-state index contributed by atoms with van der Waals surface area (Å²) in [5.74, 6) is -0.151. The fourth-order valence-corrected chi connectivity index (χ4v) is 5.25. The third kappa shape index (κ3) is 4.96. The molecule has 1 N–H and O–H groups in total. The zero-order valence-electron chi connectivity index (χ0n) is 18.4. The van der Waals surface area contributed by atoms with Gasteiger partial charge < -0.3 is 9.84 Å². The van der Waals surface area contributed by atoms with Crippen LogP contribution in [0.5, 0.6) is 0 Å². The standard InChI is InChI=1S/C23H25FN4O4S/c1-3-21-26-22(27-32-21)17-5-4-6-19(13-17)33(30,31)28-11-9-16(10-12-28)23(29)25-18-8-7-15(2)20(24)14-18/h4-8,13-14,16H,3,9-12H2,1-2H3,(H,25,29). The number of halogens is 1. The van der Waals surface area contributed by atoms with Crippen LogP contribution in [0.4, 0.5) is 10.1 Å². The number of sulfonamides is 1. The lowest BCUT2D eigenvalue weighted by Crippen LogP contribution is -2.41. The number of anilines is 1. The molecule has 1 fully saturated rings. The molecule has 4 rings (SSSR count). The summed E-state index contributed by atoms with van der Waals surface area (Å²) < 4.78 is 46.6. The van der Waals surface area contributed by atoms with Crippen molar-refractivity contribution in [2.45, 2.75) is 38.0 Å². The normalized spacial score (nSPS) is 15.5. The fourth-order valence-electron chi connectivity index (χ4n) is 3.73. The number of amides is 1. The third-order valence-corrected chi connectivity index (χ3v) is 7.66. The Morgan fingerprint density at radius 3 is 2.64 bits per heavy atom. The number of nitrogens with one attached hydrogen (secondary N) is 1. The number of hydrogen-bond donors (Lipinski definition) is 1. The predicted molar refractivity (Wildman–Crippen MR) is 120 cm³/mol. The summed E-state index contributed by atoms with van der Waals surface area (Å²) in [7, 11) is -3.74. The number of rotatable bonds is 6. The van der Waals surface area contributed by atoms with Crippen molar-refractivity contribution in [3.8, 4) is 11.4 Å². The van der Waals surface area contributed by atoms with E-state index in [4.69, 9.17) is 4.52 Å². The average molecular weight is 473 g/mol. The van der Waals surface area contributed by atoms with E-state index < -0.39 is 10.0 Å². The van der Waals surface area contributed by atoms with E-state index in [1.165, 1.54) is 22.5 Å². The molecular weight excluding hydrogens is 447 g/mol. The quantitative estimate of drug-likeness (QED) is 0.585. The van der Waals surface area contributed by atoms with Crippen molar-refractivity contribution in [1.82, 2.24) is 14.4 Å². The Hall–Kier alpha value is -3.11. The highest BCUT2D eigenvalue weighted by atomic mass is 32.2. The third-order valence-electron chi connectivity index (χ3n) is 5.76. The minimum absolute atomic E-state index is 0.140. The molecule has 8 nitrogen and oxygen atoms in total. The molecule has 2 aromatic carbocycles. The van der Waals surface area contributed by atoms with Gasteiger partial charge in [-0.25, -0.2) is 12.8 Å². The van der Waals surface area contributed by atoms with E-state index >= 15 is 0 Å². The molecule has 33 heavy (non-hydrogen) atoms. The molecular formula is C23H25FN4O4S. The van der Waals surface area contributed by atoms with Crippen molar-refractivity contribution in [3.05, 3.63) is 59.7 Å². The van der Waals surface area contributed by atoms with Gasteiger partial charge in [-0.05, 0) is 49.6 Å². The molecule has 1 saturated heterocycles. The van der Waals surface area contributed by atoms with Gasteiger partial charge in [0.25, 0.3) is 0 Å². The van der Waals surface area contributed by atoms with Gasteiger partial charge in [0.05, 0.1) is 4.90 Å². The van der Waals surface area contributed by atoms with Gasteiger partial charge in [0.15, 0.2) is 0 Å². The average Bonchev–Trinajstić information content (AvgIpc) is 3.31. The van der Waals surface area contributed by atoms with Crippen LogP contribution in [0.25, 0.3) is 11.4 Å². The highest BCUT2D eigenvalue weighted by Gasteiger charge is 2.32. The van der Waals surface area contributed by atoms with Crippen LogP contribution in [0.2, 0.25) is 0 Å². The van der Waals surface area contributed by atoms with Gasteiger partial charge in [-0.1, -0.05) is 30.3 Å². The summed E-state index contributed by atoms with van der Waals surface area (Å²) in [5, 5.41) is 6.63. The maximum absolute atomic E-state index is 13.7. The van der Waals surface area contributed by atoms with E-state index in [9.17, 15) is 17.6 Å². The molecule has 3 aromatic rings. The van der Waals surface area contributed by atoms with Gasteiger partial charge in [-0.3, -0.25) is 4.79 Å². The van der Waals surface area contributed by atoms with Crippen molar-refractivity contribution in [3.63, 3.8) is 0 Å². The first-order valence-electron chi connectivity index (χ1n) is 10.8. The molecule has 0 aliphatic carbocycles. The summed E-state index contributed by atoms with van der Waals surface area (Å²) in [6.45, 7) is 3.97. The summed E-state index contributed by atoms with van der Waals surface area (Å²) in [5.41, 5.74) is 1.45. The van der Waals surface area contributed by atoms with E-state index in [1.807, 2.05) is 6.92 Å². The number of hydrogen-bond acceptors (Lipinski definition) is 6. The Bertz CT molecular complexity index is 1270. The summed E-state index contributed by atoms with van der Waals surface area (Å²) in [6.07, 6.45) is 1.35. The molecule has 0 spiro atoms. The molecule has 1 aliphatic rings. The summed E-state index contributed by atoms with van der Waals surface area (Å²) >= 11 is 0. The van der Waals surface area contributed by atoms with Gasteiger partial charge in [0.2, 0.25) is 27.6 Å². The first kappa shape index (κ1) is 23.1. The molecule has 0 unspecified atom stereocenters. The molecule has 2 heterocycles. The second kappa shape index (κ2) is 9.40. The van der Waals surface area contributed by atoms with Crippen LogP contribution < -0.4 is 5.32 Å². The number of carbonyl (C=O) groups excluding carboxylic acids is 1. The summed E-state index contributed by atoms with van der Waals surface area (Å²) in [4.78, 5) is 17.0. The van der Waals surface area contributed by atoms with Crippen LogP contribution in [0, 0.1) is 18.7 Å². The number of piperidine rings is 1. The molecule has 1 aliphatic heterocycles. The predicted octanol–water partition coefficient (Wildman–Crippen LogP) is 3.79. The minimum Gasteiger partial charge on any atom is -0.339 e. The smallest absolute Gasteiger partial charge is 0.243 e. The van der Waals surface area contributed by atoms with Gasteiger partial charge in [0, 0.05) is 36.7 Å². The van der Waals surface area contributed by atoms with Crippen molar-refractivity contribution >= 4 is 21.6 Å². The molecule has 0 saturated carbocycles. The lowest BCUT2D eigenvalue weighted by atomic mass is 9.97. The lowest BCUT2D eigenvalue weighted by molar-refractivity contribution is -0.120. The Kier molecular flexibility index (Phi) is 6.57. The molecule has 0 bridgehead atoms. The van der Waals surface area contributed by atoms with Gasteiger partial charge in [-0.15, -0.1) is 0 Å². The molecule has 10 heteroatoms. The van der Waals surface area contributed by atoms with Crippen LogP contribution in [0.3, 0.4) is 0 Å². The van der Waals surface area contributed by atoms with Gasteiger partial charge >= 0.3 is 0 Å². The zero-order valence-corrected chi connectivity index (χ0v) is 19.2. The highest BCUT2D eigenvalue weighted by Crippen LogP contribution is 2.27. The number of benzene rings is 2. The minimum atomic E-state index is -3.74. The van der Waals surface area contributed by atoms with Crippen molar-refractivity contribution in [2.75, 3.05) is 18.4 Å². The summed E-state index contributed by atoms with van der Waals surface area (Å²) in [6, 6.07) is 11.0. The van der Waals surface area contributed by atoms with Crippen molar-refractivity contribution in [2.24, 2.45) is 5.92 Å². The highest BCUT2D eigenvalue weighted by molar-refractivity contribution is 7.89. The lowest BCUT2D eigenvalue weighted by Gasteiger charge is -2.30. The van der Waals surface area contributed by atoms with E-state index in [-0.39, 0.29) is 35.6 Å². The van der Waals surface area contributed by atoms with Crippen LogP contribution in [-0.2, 0) is 21.2 Å². The monoisotopic (exact) mass is 472 g/mol. The van der Waals surface area contributed by atoms with Crippen molar-refractivity contribution < 1.29 is 22.1 Å².